The molecule has 2 aromatic rings. The standard InChI is InChI=1S/C14H14BrN3O/c1-17-14(19)9-2-7-12(16)13(8-9)18-11-5-3-10(15)4-6-11/h2-8,18H,16H2,1H3,(H,17,19). The van der Waals surface area contributed by atoms with E-state index in [1.54, 1.807) is 25.2 Å². The molecule has 0 fully saturated rings. The zero-order valence-electron chi connectivity index (χ0n) is 10.4. The minimum absolute atomic E-state index is 0.140. The summed E-state index contributed by atoms with van der Waals surface area (Å²) in [6, 6.07) is 12.9. The summed E-state index contributed by atoms with van der Waals surface area (Å²) in [6.07, 6.45) is 0. The average molecular weight is 320 g/mol. The summed E-state index contributed by atoms with van der Waals surface area (Å²) < 4.78 is 1.00. The highest BCUT2D eigenvalue weighted by atomic mass is 79.9. The fourth-order valence-corrected chi connectivity index (χ4v) is 1.90. The molecule has 0 aromatic heterocycles. The molecule has 98 valence electrons. The van der Waals surface area contributed by atoms with Crippen molar-refractivity contribution in [2.45, 2.75) is 0 Å². The van der Waals surface area contributed by atoms with Crippen molar-refractivity contribution in [3.63, 3.8) is 0 Å². The minimum Gasteiger partial charge on any atom is -0.397 e. The molecule has 5 heteroatoms. The van der Waals surface area contributed by atoms with Gasteiger partial charge in [-0.15, -0.1) is 0 Å². The van der Waals surface area contributed by atoms with Gasteiger partial charge in [-0.25, -0.2) is 0 Å². The van der Waals surface area contributed by atoms with Crippen LogP contribution in [0.1, 0.15) is 10.4 Å². The molecule has 0 heterocycles. The van der Waals surface area contributed by atoms with Crippen LogP contribution in [0.25, 0.3) is 0 Å². The molecule has 4 N–H and O–H groups in total. The Kier molecular flexibility index (Phi) is 4.06. The number of nitrogen functional groups attached to an aromatic ring is 1. The van der Waals surface area contributed by atoms with Gasteiger partial charge in [0.05, 0.1) is 11.4 Å². The highest BCUT2D eigenvalue weighted by molar-refractivity contribution is 9.10. The molecule has 19 heavy (non-hydrogen) atoms. The number of hydrogen-bond donors (Lipinski definition) is 3. The first-order chi connectivity index (χ1) is 9.10. The molecule has 2 rings (SSSR count). The summed E-state index contributed by atoms with van der Waals surface area (Å²) in [7, 11) is 1.60. The number of anilines is 3. The van der Waals surface area contributed by atoms with Crippen molar-refractivity contribution < 1.29 is 4.79 Å². The van der Waals surface area contributed by atoms with E-state index in [1.807, 2.05) is 24.3 Å². The van der Waals surface area contributed by atoms with Gasteiger partial charge in [-0.1, -0.05) is 15.9 Å². The van der Waals surface area contributed by atoms with Crippen LogP contribution in [0.5, 0.6) is 0 Å². The lowest BCUT2D eigenvalue weighted by atomic mass is 10.1. The van der Waals surface area contributed by atoms with E-state index in [-0.39, 0.29) is 5.91 Å². The number of amides is 1. The first kappa shape index (κ1) is 13.4. The SMILES string of the molecule is CNC(=O)c1ccc(N)c(Nc2ccc(Br)cc2)c1. The molecule has 4 nitrogen and oxygen atoms in total. The molecular formula is C14H14BrN3O. The summed E-state index contributed by atoms with van der Waals surface area (Å²) in [4.78, 5) is 11.6. The number of hydrogen-bond acceptors (Lipinski definition) is 3. The van der Waals surface area contributed by atoms with Crippen LogP contribution in [0.3, 0.4) is 0 Å². The van der Waals surface area contributed by atoms with E-state index in [2.05, 4.69) is 26.6 Å². The van der Waals surface area contributed by atoms with E-state index in [9.17, 15) is 4.79 Å². The molecule has 0 atom stereocenters. The average Bonchev–Trinajstić information content (AvgIpc) is 2.43. The fourth-order valence-electron chi connectivity index (χ4n) is 1.64. The van der Waals surface area contributed by atoms with E-state index < -0.39 is 0 Å². The fraction of sp³-hybridized carbons (Fsp3) is 0.0714. The smallest absolute Gasteiger partial charge is 0.251 e. The van der Waals surface area contributed by atoms with Gasteiger partial charge in [-0.2, -0.15) is 0 Å². The first-order valence-corrected chi connectivity index (χ1v) is 6.53. The van der Waals surface area contributed by atoms with Gasteiger partial charge in [0.25, 0.3) is 5.91 Å². The Hall–Kier alpha value is -2.01. The molecular weight excluding hydrogens is 306 g/mol. The number of carbonyl (C=O) groups is 1. The van der Waals surface area contributed by atoms with Crippen molar-refractivity contribution in [1.82, 2.24) is 5.32 Å². The molecule has 0 aliphatic carbocycles. The maximum absolute atomic E-state index is 11.6. The van der Waals surface area contributed by atoms with E-state index in [0.29, 0.717) is 16.9 Å². The van der Waals surface area contributed by atoms with Crippen LogP contribution in [0.4, 0.5) is 17.1 Å². The Labute approximate surface area is 120 Å². The van der Waals surface area contributed by atoms with Crippen LogP contribution in [-0.2, 0) is 0 Å². The molecule has 0 unspecified atom stereocenters. The lowest BCUT2D eigenvalue weighted by molar-refractivity contribution is 0.0963. The van der Waals surface area contributed by atoms with E-state index in [0.717, 1.165) is 10.2 Å². The third kappa shape index (κ3) is 3.26. The molecule has 0 aliphatic rings. The van der Waals surface area contributed by atoms with Crippen molar-refractivity contribution in [2.24, 2.45) is 0 Å². The molecule has 0 bridgehead atoms. The number of halogens is 1. The van der Waals surface area contributed by atoms with Gasteiger partial charge in [0.2, 0.25) is 0 Å². The molecule has 0 saturated carbocycles. The normalized spacial score (nSPS) is 10.0. The van der Waals surface area contributed by atoms with Crippen molar-refractivity contribution in [1.29, 1.82) is 0 Å². The summed E-state index contributed by atoms with van der Waals surface area (Å²) >= 11 is 3.38. The van der Waals surface area contributed by atoms with Gasteiger partial charge in [0.15, 0.2) is 0 Å². The topological polar surface area (TPSA) is 67.2 Å². The van der Waals surface area contributed by atoms with Crippen LogP contribution >= 0.6 is 15.9 Å². The molecule has 1 amide bonds. The van der Waals surface area contributed by atoms with Crippen LogP contribution in [0.15, 0.2) is 46.9 Å². The second kappa shape index (κ2) is 5.75. The Morgan fingerprint density at radius 2 is 1.84 bits per heavy atom. The quantitative estimate of drug-likeness (QED) is 0.761. The largest absolute Gasteiger partial charge is 0.397 e. The monoisotopic (exact) mass is 319 g/mol. The summed E-state index contributed by atoms with van der Waals surface area (Å²) in [5, 5.41) is 5.78. The van der Waals surface area contributed by atoms with Crippen molar-refractivity contribution in [3.05, 3.63) is 52.5 Å². The third-order valence-corrected chi connectivity index (χ3v) is 3.19. The van der Waals surface area contributed by atoms with E-state index in [4.69, 9.17) is 5.73 Å². The van der Waals surface area contributed by atoms with E-state index in [1.165, 1.54) is 0 Å². The first-order valence-electron chi connectivity index (χ1n) is 5.74. The molecule has 2 aromatic carbocycles. The van der Waals surface area contributed by atoms with Gasteiger partial charge in [0, 0.05) is 22.8 Å². The number of benzene rings is 2. The van der Waals surface area contributed by atoms with Gasteiger partial charge in [0.1, 0.15) is 0 Å². The Bertz CT molecular complexity index is 596. The second-order valence-corrected chi connectivity index (χ2v) is 4.93. The third-order valence-electron chi connectivity index (χ3n) is 2.67. The van der Waals surface area contributed by atoms with Crippen LogP contribution in [-0.4, -0.2) is 13.0 Å². The summed E-state index contributed by atoms with van der Waals surface area (Å²) in [5.41, 5.74) is 8.68. The Morgan fingerprint density at radius 3 is 2.47 bits per heavy atom. The predicted octanol–water partition coefficient (Wildman–Crippen LogP) is 3.13. The lowest BCUT2D eigenvalue weighted by Crippen LogP contribution is -2.17. The maximum atomic E-state index is 11.6. The van der Waals surface area contributed by atoms with E-state index >= 15 is 0 Å². The molecule has 0 spiro atoms. The van der Waals surface area contributed by atoms with Crippen molar-refractivity contribution in [3.8, 4) is 0 Å². The van der Waals surface area contributed by atoms with Crippen LogP contribution in [0, 0.1) is 0 Å². The highest BCUT2D eigenvalue weighted by Gasteiger charge is 2.07. The van der Waals surface area contributed by atoms with Crippen LogP contribution < -0.4 is 16.4 Å². The molecule has 0 radical (unpaired) electrons. The number of nitrogens with one attached hydrogen (secondary N) is 2. The zero-order valence-corrected chi connectivity index (χ0v) is 12.0. The Morgan fingerprint density at radius 1 is 1.16 bits per heavy atom. The minimum atomic E-state index is -0.140. The molecule has 0 saturated heterocycles. The lowest BCUT2D eigenvalue weighted by Gasteiger charge is -2.11. The number of nitrogens with two attached hydrogens (primary N) is 1. The Balaban J connectivity index is 2.28. The summed E-state index contributed by atoms with van der Waals surface area (Å²) in [6.45, 7) is 0. The molecule has 0 aliphatic heterocycles. The highest BCUT2D eigenvalue weighted by Crippen LogP contribution is 2.25. The number of rotatable bonds is 3. The van der Waals surface area contributed by atoms with Crippen molar-refractivity contribution >= 4 is 38.9 Å². The maximum Gasteiger partial charge on any atom is 0.251 e. The zero-order chi connectivity index (χ0) is 13.8. The van der Waals surface area contributed by atoms with Gasteiger partial charge in [-0.3, -0.25) is 4.79 Å². The van der Waals surface area contributed by atoms with Gasteiger partial charge in [-0.05, 0) is 42.5 Å². The predicted molar refractivity (Wildman–Crippen MR) is 81.7 cm³/mol. The second-order valence-electron chi connectivity index (χ2n) is 4.01. The van der Waals surface area contributed by atoms with Crippen molar-refractivity contribution in [2.75, 3.05) is 18.1 Å². The number of carbonyl (C=O) groups excluding carboxylic acids is 1. The van der Waals surface area contributed by atoms with Gasteiger partial charge < -0.3 is 16.4 Å². The van der Waals surface area contributed by atoms with Crippen LogP contribution in [0.2, 0.25) is 0 Å². The summed E-state index contributed by atoms with van der Waals surface area (Å²) in [5.74, 6) is -0.140. The van der Waals surface area contributed by atoms with Gasteiger partial charge >= 0.3 is 0 Å².